The summed E-state index contributed by atoms with van der Waals surface area (Å²) in [5, 5.41) is 8.03. The van der Waals surface area contributed by atoms with E-state index >= 15 is 0 Å². The Morgan fingerprint density at radius 1 is 1.50 bits per heavy atom. The standard InChI is InChI=1S/C11H19N3O3S/c1-11(2,3)17-10(15)14-9-13-8(6-18-9)5-12-7-16-4/h6,12H,5,7H2,1-4H3,(H,13,14,15). The van der Waals surface area contributed by atoms with Crippen molar-refractivity contribution in [1.82, 2.24) is 10.3 Å². The molecular formula is C11H19N3O3S. The molecule has 0 aliphatic rings. The number of thiazole rings is 1. The topological polar surface area (TPSA) is 72.5 Å². The molecule has 1 rings (SSSR count). The summed E-state index contributed by atoms with van der Waals surface area (Å²) in [6.07, 6.45) is -0.492. The molecule has 1 aromatic rings. The molecule has 2 N–H and O–H groups in total. The number of nitrogens with zero attached hydrogens (tertiary/aromatic N) is 1. The number of anilines is 1. The average molecular weight is 273 g/mol. The van der Waals surface area contributed by atoms with Crippen LogP contribution in [0.15, 0.2) is 5.38 Å². The monoisotopic (exact) mass is 273 g/mol. The fraction of sp³-hybridized carbons (Fsp3) is 0.636. The minimum absolute atomic E-state index is 0.465. The molecule has 102 valence electrons. The molecule has 1 aromatic heterocycles. The first kappa shape index (κ1) is 14.9. The van der Waals surface area contributed by atoms with Crippen molar-refractivity contribution in [1.29, 1.82) is 0 Å². The molecule has 0 aliphatic carbocycles. The van der Waals surface area contributed by atoms with E-state index in [0.717, 1.165) is 5.69 Å². The van der Waals surface area contributed by atoms with Gasteiger partial charge in [-0.2, -0.15) is 0 Å². The molecule has 0 aromatic carbocycles. The van der Waals surface area contributed by atoms with Gasteiger partial charge in [0.05, 0.1) is 12.4 Å². The van der Waals surface area contributed by atoms with Crippen LogP contribution in [-0.2, 0) is 16.0 Å². The summed E-state index contributed by atoms with van der Waals surface area (Å²) in [5.41, 5.74) is 0.340. The first-order valence-corrected chi connectivity index (χ1v) is 6.43. The molecule has 7 heteroatoms. The van der Waals surface area contributed by atoms with Crippen LogP contribution in [0.3, 0.4) is 0 Å². The van der Waals surface area contributed by atoms with Crippen LogP contribution in [0.5, 0.6) is 0 Å². The fourth-order valence-corrected chi connectivity index (χ4v) is 1.81. The Hall–Kier alpha value is -1.18. The van der Waals surface area contributed by atoms with Crippen LogP contribution >= 0.6 is 11.3 Å². The number of methoxy groups -OCH3 is 1. The number of hydrogen-bond donors (Lipinski definition) is 2. The average Bonchev–Trinajstić information content (AvgIpc) is 2.63. The van der Waals surface area contributed by atoms with Gasteiger partial charge < -0.3 is 9.47 Å². The Morgan fingerprint density at radius 3 is 2.83 bits per heavy atom. The highest BCUT2D eigenvalue weighted by Crippen LogP contribution is 2.16. The molecule has 6 nitrogen and oxygen atoms in total. The van der Waals surface area contributed by atoms with Crippen molar-refractivity contribution >= 4 is 22.6 Å². The van der Waals surface area contributed by atoms with Crippen LogP contribution in [0.1, 0.15) is 26.5 Å². The molecule has 0 unspecified atom stereocenters. The maximum atomic E-state index is 11.5. The predicted molar refractivity (Wildman–Crippen MR) is 70.7 cm³/mol. The van der Waals surface area contributed by atoms with E-state index in [1.165, 1.54) is 11.3 Å². The summed E-state index contributed by atoms with van der Waals surface area (Å²) >= 11 is 1.36. The van der Waals surface area contributed by atoms with Gasteiger partial charge in [0.25, 0.3) is 0 Å². The third-order valence-corrected chi connectivity index (χ3v) is 2.52. The van der Waals surface area contributed by atoms with Gasteiger partial charge in [0, 0.05) is 19.0 Å². The number of ether oxygens (including phenoxy) is 2. The lowest BCUT2D eigenvalue weighted by atomic mass is 10.2. The number of carbonyl (C=O) groups is 1. The van der Waals surface area contributed by atoms with Crippen molar-refractivity contribution < 1.29 is 14.3 Å². The van der Waals surface area contributed by atoms with E-state index in [-0.39, 0.29) is 0 Å². The molecule has 0 saturated heterocycles. The Morgan fingerprint density at radius 2 is 2.22 bits per heavy atom. The van der Waals surface area contributed by atoms with Gasteiger partial charge in [-0.15, -0.1) is 11.3 Å². The van der Waals surface area contributed by atoms with Crippen molar-refractivity contribution in [2.75, 3.05) is 19.2 Å². The first-order valence-electron chi connectivity index (χ1n) is 5.55. The highest BCUT2D eigenvalue weighted by atomic mass is 32.1. The Balaban J connectivity index is 2.41. The molecule has 0 spiro atoms. The third kappa shape index (κ3) is 5.95. The van der Waals surface area contributed by atoms with E-state index in [9.17, 15) is 4.79 Å². The molecule has 1 heterocycles. The Bertz CT molecular complexity index is 387. The number of rotatable bonds is 5. The van der Waals surface area contributed by atoms with Gasteiger partial charge in [0.15, 0.2) is 5.13 Å². The lowest BCUT2D eigenvalue weighted by Gasteiger charge is -2.18. The molecule has 1 amide bonds. The quantitative estimate of drug-likeness (QED) is 0.635. The zero-order valence-electron chi connectivity index (χ0n) is 11.1. The summed E-state index contributed by atoms with van der Waals surface area (Å²) in [6.45, 7) is 6.50. The molecule has 0 radical (unpaired) electrons. The van der Waals surface area contributed by atoms with Gasteiger partial charge in [0.2, 0.25) is 0 Å². The second-order valence-electron chi connectivity index (χ2n) is 4.63. The smallest absolute Gasteiger partial charge is 0.413 e. The van der Waals surface area contributed by atoms with Crippen molar-refractivity contribution in [2.45, 2.75) is 32.9 Å². The minimum Gasteiger partial charge on any atom is -0.444 e. The molecule has 0 fully saturated rings. The highest BCUT2D eigenvalue weighted by Gasteiger charge is 2.17. The predicted octanol–water partition coefficient (Wildman–Crippen LogP) is 2.18. The van der Waals surface area contributed by atoms with E-state index in [2.05, 4.69) is 15.6 Å². The van der Waals surface area contributed by atoms with E-state index < -0.39 is 11.7 Å². The number of hydrogen-bond acceptors (Lipinski definition) is 6. The van der Waals surface area contributed by atoms with Gasteiger partial charge in [-0.25, -0.2) is 9.78 Å². The Labute approximate surface area is 111 Å². The molecule has 0 bridgehead atoms. The minimum atomic E-state index is -0.510. The number of nitrogens with one attached hydrogen (secondary N) is 2. The van der Waals surface area contributed by atoms with Crippen LogP contribution in [0, 0.1) is 0 Å². The van der Waals surface area contributed by atoms with Crippen molar-refractivity contribution in [3.8, 4) is 0 Å². The van der Waals surface area contributed by atoms with Gasteiger partial charge >= 0.3 is 6.09 Å². The lowest BCUT2D eigenvalue weighted by Crippen LogP contribution is -2.27. The van der Waals surface area contributed by atoms with Gasteiger partial charge in [0.1, 0.15) is 5.60 Å². The van der Waals surface area contributed by atoms with E-state index in [4.69, 9.17) is 9.47 Å². The van der Waals surface area contributed by atoms with Gasteiger partial charge in [-0.3, -0.25) is 10.6 Å². The molecule has 0 aliphatic heterocycles. The maximum Gasteiger partial charge on any atom is 0.413 e. The summed E-state index contributed by atoms with van der Waals surface area (Å²) in [7, 11) is 1.61. The van der Waals surface area contributed by atoms with E-state index in [0.29, 0.717) is 18.4 Å². The molecule has 0 saturated carbocycles. The van der Waals surface area contributed by atoms with E-state index in [1.807, 2.05) is 26.2 Å². The lowest BCUT2D eigenvalue weighted by molar-refractivity contribution is 0.0636. The number of amides is 1. The summed E-state index contributed by atoms with van der Waals surface area (Å²) in [5.74, 6) is 0. The van der Waals surface area contributed by atoms with Crippen molar-refractivity contribution in [2.24, 2.45) is 0 Å². The highest BCUT2D eigenvalue weighted by molar-refractivity contribution is 7.13. The number of aromatic nitrogens is 1. The normalized spacial score (nSPS) is 11.3. The Kier molecular flexibility index (Phi) is 5.52. The van der Waals surface area contributed by atoms with Crippen LogP contribution in [0.4, 0.5) is 9.93 Å². The number of carbonyl (C=O) groups excluding carboxylic acids is 1. The van der Waals surface area contributed by atoms with Crippen LogP contribution in [-0.4, -0.2) is 30.5 Å². The SMILES string of the molecule is COCNCc1csc(NC(=O)OC(C)(C)C)n1. The van der Waals surface area contributed by atoms with Crippen molar-refractivity contribution in [3.05, 3.63) is 11.1 Å². The van der Waals surface area contributed by atoms with Crippen LogP contribution in [0.2, 0.25) is 0 Å². The molecule has 18 heavy (non-hydrogen) atoms. The van der Waals surface area contributed by atoms with Gasteiger partial charge in [-0.05, 0) is 20.8 Å². The largest absolute Gasteiger partial charge is 0.444 e. The fourth-order valence-electron chi connectivity index (χ4n) is 1.12. The second kappa shape index (κ2) is 6.67. The summed E-state index contributed by atoms with van der Waals surface area (Å²) in [6, 6.07) is 0. The van der Waals surface area contributed by atoms with Crippen LogP contribution < -0.4 is 10.6 Å². The molecular weight excluding hydrogens is 254 g/mol. The second-order valence-corrected chi connectivity index (χ2v) is 5.49. The first-order chi connectivity index (χ1) is 8.40. The van der Waals surface area contributed by atoms with Crippen molar-refractivity contribution in [3.63, 3.8) is 0 Å². The molecule has 0 atom stereocenters. The third-order valence-electron chi connectivity index (χ3n) is 1.71. The van der Waals surface area contributed by atoms with Crippen LogP contribution in [0.25, 0.3) is 0 Å². The van der Waals surface area contributed by atoms with E-state index in [1.54, 1.807) is 7.11 Å². The summed E-state index contributed by atoms with van der Waals surface area (Å²) < 4.78 is 9.99. The summed E-state index contributed by atoms with van der Waals surface area (Å²) in [4.78, 5) is 15.7. The van der Waals surface area contributed by atoms with Gasteiger partial charge in [-0.1, -0.05) is 0 Å². The maximum absolute atomic E-state index is 11.5. The zero-order chi connectivity index (χ0) is 13.6. The zero-order valence-corrected chi connectivity index (χ0v) is 11.9.